The van der Waals surface area contributed by atoms with Crippen LogP contribution in [-0.2, 0) is 4.74 Å². The van der Waals surface area contributed by atoms with Crippen molar-refractivity contribution in [1.82, 2.24) is 0 Å². The minimum absolute atomic E-state index is 0.0648. The molecule has 1 amide bonds. The second-order valence-corrected chi connectivity index (χ2v) is 3.06. The van der Waals surface area contributed by atoms with E-state index in [0.29, 0.717) is 12.2 Å². The molecule has 0 bridgehead atoms. The minimum Gasteiger partial charge on any atom is -0.447 e. The molecule has 0 aliphatic rings. The highest BCUT2D eigenvalue weighted by atomic mass is 19.1. The summed E-state index contributed by atoms with van der Waals surface area (Å²) >= 11 is 0. The smallest absolute Gasteiger partial charge is 0.414 e. The third-order valence-corrected chi connectivity index (χ3v) is 1.97. The summed E-state index contributed by atoms with van der Waals surface area (Å²) in [7, 11) is 0. The van der Waals surface area contributed by atoms with Gasteiger partial charge in [-0.25, -0.2) is 9.18 Å². The quantitative estimate of drug-likeness (QED) is 0.853. The molecule has 16 heavy (non-hydrogen) atoms. The third-order valence-electron chi connectivity index (χ3n) is 1.97. The third kappa shape index (κ3) is 3.20. The molecule has 88 valence electrons. The monoisotopic (exact) mass is 227 g/mol. The van der Waals surface area contributed by atoms with E-state index >= 15 is 0 Å². The van der Waals surface area contributed by atoms with E-state index in [1.807, 2.05) is 0 Å². The largest absolute Gasteiger partial charge is 0.447 e. The molecule has 0 atom stereocenters. The van der Waals surface area contributed by atoms with E-state index in [1.165, 1.54) is 23.1 Å². The summed E-state index contributed by atoms with van der Waals surface area (Å²) in [4.78, 5) is 12.8. The van der Waals surface area contributed by atoms with Crippen LogP contribution in [0.4, 0.5) is 14.9 Å². The Hall–Kier alpha value is -1.62. The molecule has 0 aliphatic carbocycles. The molecule has 0 radical (unpaired) electrons. The molecule has 1 aromatic rings. The first-order valence-corrected chi connectivity index (χ1v) is 4.99. The fourth-order valence-electron chi connectivity index (χ4n) is 1.27. The predicted octanol–water partition coefficient (Wildman–Crippen LogP) is 1.78. The first kappa shape index (κ1) is 12.4. The van der Waals surface area contributed by atoms with E-state index in [-0.39, 0.29) is 13.2 Å². The average Bonchev–Trinajstić information content (AvgIpc) is 2.27. The second kappa shape index (κ2) is 6.07. The van der Waals surface area contributed by atoms with Gasteiger partial charge in [0.2, 0.25) is 0 Å². The molecule has 0 unspecified atom stereocenters. The van der Waals surface area contributed by atoms with Crippen molar-refractivity contribution < 1.29 is 19.0 Å². The standard InChI is InChI=1S/C11H14FNO3/c1-2-13(11(15)16-7-6-14)10-5-3-4-9(12)8-10/h3-5,8,14H,2,6-7H2,1H3. The first-order valence-electron chi connectivity index (χ1n) is 4.99. The van der Waals surface area contributed by atoms with E-state index in [0.717, 1.165) is 0 Å². The van der Waals surface area contributed by atoms with Crippen LogP contribution < -0.4 is 4.90 Å². The van der Waals surface area contributed by atoms with E-state index in [1.54, 1.807) is 13.0 Å². The number of nitrogens with zero attached hydrogens (tertiary/aromatic N) is 1. The van der Waals surface area contributed by atoms with Crippen molar-refractivity contribution in [3.05, 3.63) is 30.1 Å². The van der Waals surface area contributed by atoms with Crippen molar-refractivity contribution in [2.24, 2.45) is 0 Å². The lowest BCUT2D eigenvalue weighted by atomic mass is 10.3. The number of aliphatic hydroxyl groups is 1. The van der Waals surface area contributed by atoms with Gasteiger partial charge in [0.15, 0.2) is 0 Å². The summed E-state index contributed by atoms with van der Waals surface area (Å²) in [5.74, 6) is -0.411. The Labute approximate surface area is 93.3 Å². The van der Waals surface area contributed by atoms with Crippen LogP contribution in [-0.4, -0.2) is 31.0 Å². The number of hydrogen-bond acceptors (Lipinski definition) is 3. The lowest BCUT2D eigenvalue weighted by molar-refractivity contribution is 0.125. The Kier molecular flexibility index (Phi) is 4.72. The molecule has 1 rings (SSSR count). The minimum atomic E-state index is -0.595. The molecule has 5 heteroatoms. The molecule has 0 saturated carbocycles. The second-order valence-electron chi connectivity index (χ2n) is 3.06. The summed E-state index contributed by atoms with van der Waals surface area (Å²) in [6.07, 6.45) is -0.595. The van der Waals surface area contributed by atoms with Crippen LogP contribution in [0.15, 0.2) is 24.3 Å². The highest BCUT2D eigenvalue weighted by molar-refractivity contribution is 5.87. The van der Waals surface area contributed by atoms with Gasteiger partial charge in [-0.15, -0.1) is 0 Å². The highest BCUT2D eigenvalue weighted by Crippen LogP contribution is 2.16. The molecule has 0 saturated heterocycles. The number of aliphatic hydroxyl groups excluding tert-OH is 1. The molecule has 0 heterocycles. The Morgan fingerprint density at radius 3 is 2.88 bits per heavy atom. The van der Waals surface area contributed by atoms with Crippen LogP contribution in [0.2, 0.25) is 0 Å². The van der Waals surface area contributed by atoms with E-state index < -0.39 is 11.9 Å². The maximum Gasteiger partial charge on any atom is 0.414 e. The Morgan fingerprint density at radius 1 is 1.56 bits per heavy atom. The van der Waals surface area contributed by atoms with Gasteiger partial charge in [0, 0.05) is 12.2 Å². The molecule has 4 nitrogen and oxygen atoms in total. The average molecular weight is 227 g/mol. The number of amides is 1. The molecule has 0 spiro atoms. The van der Waals surface area contributed by atoms with Crippen molar-refractivity contribution >= 4 is 11.8 Å². The van der Waals surface area contributed by atoms with Crippen LogP contribution in [0.1, 0.15) is 6.92 Å². The van der Waals surface area contributed by atoms with Crippen molar-refractivity contribution in [2.45, 2.75) is 6.92 Å². The molecular weight excluding hydrogens is 213 g/mol. The number of carbonyl (C=O) groups is 1. The van der Waals surface area contributed by atoms with Crippen molar-refractivity contribution in [3.63, 3.8) is 0 Å². The molecule has 1 aromatic carbocycles. The van der Waals surface area contributed by atoms with Crippen molar-refractivity contribution in [2.75, 3.05) is 24.7 Å². The number of benzene rings is 1. The predicted molar refractivity (Wildman–Crippen MR) is 57.9 cm³/mol. The van der Waals surface area contributed by atoms with Gasteiger partial charge in [0.1, 0.15) is 12.4 Å². The maximum atomic E-state index is 13.0. The number of hydrogen-bond donors (Lipinski definition) is 1. The summed E-state index contributed by atoms with van der Waals surface area (Å²) in [5, 5.41) is 8.53. The number of carbonyl (C=O) groups excluding carboxylic acids is 1. The van der Waals surface area contributed by atoms with Crippen LogP contribution in [0.5, 0.6) is 0 Å². The summed E-state index contributed by atoms with van der Waals surface area (Å²) in [6.45, 7) is 1.83. The number of halogens is 1. The van der Waals surface area contributed by atoms with Crippen LogP contribution >= 0.6 is 0 Å². The molecule has 0 aromatic heterocycles. The fourth-order valence-corrected chi connectivity index (χ4v) is 1.27. The topological polar surface area (TPSA) is 49.8 Å². The van der Waals surface area contributed by atoms with Gasteiger partial charge in [-0.2, -0.15) is 0 Å². The van der Waals surface area contributed by atoms with Gasteiger partial charge < -0.3 is 9.84 Å². The number of anilines is 1. The maximum absolute atomic E-state index is 13.0. The van der Waals surface area contributed by atoms with E-state index in [4.69, 9.17) is 9.84 Å². The van der Waals surface area contributed by atoms with Gasteiger partial charge in [-0.3, -0.25) is 4.90 Å². The van der Waals surface area contributed by atoms with E-state index in [9.17, 15) is 9.18 Å². The zero-order chi connectivity index (χ0) is 12.0. The summed E-state index contributed by atoms with van der Waals surface area (Å²) < 4.78 is 17.7. The molecule has 0 fully saturated rings. The fraction of sp³-hybridized carbons (Fsp3) is 0.364. The van der Waals surface area contributed by atoms with Crippen molar-refractivity contribution in [3.8, 4) is 0 Å². The lowest BCUT2D eigenvalue weighted by Gasteiger charge is -2.20. The SMILES string of the molecule is CCN(C(=O)OCCO)c1cccc(F)c1. The Balaban J connectivity index is 2.77. The Bertz CT molecular complexity index is 357. The normalized spacial score (nSPS) is 9.94. The molecular formula is C11H14FNO3. The summed E-state index contributed by atoms with van der Waals surface area (Å²) in [5.41, 5.74) is 0.436. The highest BCUT2D eigenvalue weighted by Gasteiger charge is 2.15. The first-order chi connectivity index (χ1) is 7.69. The summed E-state index contributed by atoms with van der Waals surface area (Å²) in [6, 6.07) is 5.69. The number of rotatable bonds is 4. The van der Waals surface area contributed by atoms with Gasteiger partial charge >= 0.3 is 6.09 Å². The van der Waals surface area contributed by atoms with Crippen LogP contribution in [0.3, 0.4) is 0 Å². The van der Waals surface area contributed by atoms with E-state index in [2.05, 4.69) is 0 Å². The van der Waals surface area contributed by atoms with Gasteiger partial charge in [0.25, 0.3) is 0 Å². The van der Waals surface area contributed by atoms with Crippen LogP contribution in [0, 0.1) is 5.82 Å². The Morgan fingerprint density at radius 2 is 2.31 bits per heavy atom. The van der Waals surface area contributed by atoms with Gasteiger partial charge in [0.05, 0.1) is 6.61 Å². The van der Waals surface area contributed by atoms with Gasteiger partial charge in [-0.1, -0.05) is 6.07 Å². The van der Waals surface area contributed by atoms with Gasteiger partial charge in [-0.05, 0) is 25.1 Å². The van der Waals surface area contributed by atoms with Crippen molar-refractivity contribution in [1.29, 1.82) is 0 Å². The zero-order valence-electron chi connectivity index (χ0n) is 9.02. The molecule has 1 N–H and O–H groups in total. The zero-order valence-corrected chi connectivity index (χ0v) is 9.02. The number of ether oxygens (including phenoxy) is 1. The lowest BCUT2D eigenvalue weighted by Crippen LogP contribution is -2.32. The van der Waals surface area contributed by atoms with Crippen LogP contribution in [0.25, 0.3) is 0 Å². The molecule has 0 aliphatic heterocycles.